The lowest BCUT2D eigenvalue weighted by Crippen LogP contribution is -2.13. The van der Waals surface area contributed by atoms with Gasteiger partial charge in [-0.2, -0.15) is 0 Å². The molecule has 0 aliphatic carbocycles. The number of aryl methyl sites for hydroxylation is 2. The maximum atomic E-state index is 12.9. The molecule has 0 radical (unpaired) electrons. The molecule has 0 saturated carbocycles. The van der Waals surface area contributed by atoms with Crippen LogP contribution in [0.4, 0.5) is 10.1 Å². The van der Waals surface area contributed by atoms with Gasteiger partial charge in [0.25, 0.3) is 5.91 Å². The molecule has 0 aliphatic heterocycles. The fourth-order valence-electron chi connectivity index (χ4n) is 1.51. The van der Waals surface area contributed by atoms with E-state index in [9.17, 15) is 9.18 Å². The van der Waals surface area contributed by atoms with Crippen LogP contribution in [0.5, 0.6) is 0 Å². The fraction of sp³-hybridized carbons (Fsp3) is 0.167. The molecule has 0 spiro atoms. The van der Waals surface area contributed by atoms with E-state index < -0.39 is 5.91 Å². The number of nitrogens with zero attached hydrogens (tertiary/aromatic N) is 1. The molecule has 0 bridgehead atoms. The Kier molecular flexibility index (Phi) is 3.65. The number of carbonyl (C=O) groups is 1. The molecule has 1 aromatic carbocycles. The smallest absolute Gasteiger partial charge is 0.293 e. The molecule has 0 saturated heterocycles. The Morgan fingerprint density at radius 1 is 1.44 bits per heavy atom. The molecule has 1 amide bonds. The second-order valence-electron chi connectivity index (χ2n) is 3.73. The van der Waals surface area contributed by atoms with E-state index in [0.29, 0.717) is 20.8 Å². The maximum Gasteiger partial charge on any atom is 0.293 e. The van der Waals surface area contributed by atoms with E-state index in [0.717, 1.165) is 0 Å². The molecule has 0 aliphatic rings. The van der Waals surface area contributed by atoms with E-state index in [1.54, 1.807) is 13.8 Å². The van der Waals surface area contributed by atoms with Crippen LogP contribution < -0.4 is 5.32 Å². The van der Waals surface area contributed by atoms with Crippen LogP contribution in [-0.4, -0.2) is 10.9 Å². The second-order valence-corrected chi connectivity index (χ2v) is 4.89. The SMILES string of the molecule is Cc1nc(C)c(C(=O)Nc2ccc(F)cc2I)o1. The largest absolute Gasteiger partial charge is 0.436 e. The zero-order valence-electron chi connectivity index (χ0n) is 9.75. The van der Waals surface area contributed by atoms with Gasteiger partial charge in [0, 0.05) is 10.5 Å². The first-order valence-corrected chi connectivity index (χ1v) is 6.25. The highest BCUT2D eigenvalue weighted by Gasteiger charge is 2.16. The Morgan fingerprint density at radius 2 is 2.17 bits per heavy atom. The van der Waals surface area contributed by atoms with E-state index in [1.165, 1.54) is 18.2 Å². The van der Waals surface area contributed by atoms with Crippen molar-refractivity contribution in [2.75, 3.05) is 5.32 Å². The average Bonchev–Trinajstić information content (AvgIpc) is 2.62. The van der Waals surface area contributed by atoms with E-state index in [-0.39, 0.29) is 11.6 Å². The first-order chi connectivity index (χ1) is 8.47. The van der Waals surface area contributed by atoms with E-state index >= 15 is 0 Å². The number of aromatic nitrogens is 1. The molecule has 0 fully saturated rings. The Labute approximate surface area is 117 Å². The van der Waals surface area contributed by atoms with Crippen molar-refractivity contribution in [1.82, 2.24) is 4.98 Å². The molecule has 1 N–H and O–H groups in total. The number of oxazole rings is 1. The molecular weight excluding hydrogens is 350 g/mol. The molecule has 4 nitrogen and oxygen atoms in total. The van der Waals surface area contributed by atoms with E-state index in [4.69, 9.17) is 4.42 Å². The van der Waals surface area contributed by atoms with E-state index in [2.05, 4.69) is 10.3 Å². The van der Waals surface area contributed by atoms with Gasteiger partial charge in [-0.05, 0) is 47.7 Å². The van der Waals surface area contributed by atoms with Crippen molar-refractivity contribution in [3.8, 4) is 0 Å². The number of halogens is 2. The van der Waals surface area contributed by atoms with Crippen LogP contribution in [0.25, 0.3) is 0 Å². The van der Waals surface area contributed by atoms with Crippen molar-refractivity contribution < 1.29 is 13.6 Å². The lowest BCUT2D eigenvalue weighted by Gasteiger charge is -2.05. The summed E-state index contributed by atoms with van der Waals surface area (Å²) in [5, 5.41) is 2.66. The number of benzene rings is 1. The summed E-state index contributed by atoms with van der Waals surface area (Å²) in [6, 6.07) is 4.14. The first-order valence-electron chi connectivity index (χ1n) is 5.18. The normalized spacial score (nSPS) is 10.4. The fourth-order valence-corrected chi connectivity index (χ4v) is 2.12. The van der Waals surface area contributed by atoms with Crippen molar-refractivity contribution in [2.45, 2.75) is 13.8 Å². The molecule has 1 heterocycles. The van der Waals surface area contributed by atoms with Crippen LogP contribution in [0.15, 0.2) is 22.6 Å². The van der Waals surface area contributed by atoms with Crippen LogP contribution in [0.3, 0.4) is 0 Å². The van der Waals surface area contributed by atoms with Crippen molar-refractivity contribution in [1.29, 1.82) is 0 Å². The number of nitrogens with one attached hydrogen (secondary N) is 1. The molecule has 1 aromatic heterocycles. The van der Waals surface area contributed by atoms with Gasteiger partial charge in [-0.25, -0.2) is 9.37 Å². The van der Waals surface area contributed by atoms with Crippen LogP contribution >= 0.6 is 22.6 Å². The van der Waals surface area contributed by atoms with Crippen LogP contribution in [0.1, 0.15) is 22.1 Å². The highest BCUT2D eigenvalue weighted by Crippen LogP contribution is 2.20. The molecule has 2 aromatic rings. The standard InChI is InChI=1S/C12H10FIN2O2/c1-6-11(18-7(2)15-6)12(17)16-10-4-3-8(13)5-9(10)14/h3-5H,1-2H3,(H,16,17). The highest BCUT2D eigenvalue weighted by atomic mass is 127. The lowest BCUT2D eigenvalue weighted by molar-refractivity contribution is 0.0994. The number of hydrogen-bond acceptors (Lipinski definition) is 3. The van der Waals surface area contributed by atoms with Gasteiger partial charge >= 0.3 is 0 Å². The summed E-state index contributed by atoms with van der Waals surface area (Å²) in [5.41, 5.74) is 1.07. The average molecular weight is 360 g/mol. The van der Waals surface area contributed by atoms with Crippen molar-refractivity contribution in [3.05, 3.63) is 44.9 Å². The second kappa shape index (κ2) is 5.05. The van der Waals surface area contributed by atoms with Gasteiger partial charge in [-0.1, -0.05) is 0 Å². The Bertz CT molecular complexity index is 610. The maximum absolute atomic E-state index is 12.9. The van der Waals surface area contributed by atoms with Crippen LogP contribution in [-0.2, 0) is 0 Å². The minimum Gasteiger partial charge on any atom is -0.436 e. The third-order valence-corrected chi connectivity index (χ3v) is 3.18. The Morgan fingerprint density at radius 3 is 2.72 bits per heavy atom. The highest BCUT2D eigenvalue weighted by molar-refractivity contribution is 14.1. The Balaban J connectivity index is 2.24. The van der Waals surface area contributed by atoms with Gasteiger partial charge in [0.1, 0.15) is 5.82 Å². The number of hydrogen-bond donors (Lipinski definition) is 1. The van der Waals surface area contributed by atoms with Crippen molar-refractivity contribution in [2.24, 2.45) is 0 Å². The van der Waals surface area contributed by atoms with Gasteiger partial charge < -0.3 is 9.73 Å². The monoisotopic (exact) mass is 360 g/mol. The van der Waals surface area contributed by atoms with Gasteiger partial charge in [0.2, 0.25) is 5.76 Å². The van der Waals surface area contributed by atoms with Crippen LogP contribution in [0, 0.1) is 23.2 Å². The van der Waals surface area contributed by atoms with Crippen LogP contribution in [0.2, 0.25) is 0 Å². The summed E-state index contributed by atoms with van der Waals surface area (Å²) in [4.78, 5) is 16.0. The summed E-state index contributed by atoms with van der Waals surface area (Å²) in [6.45, 7) is 3.37. The molecular formula is C12H10FIN2O2. The summed E-state index contributed by atoms with van der Waals surface area (Å²) in [7, 11) is 0. The third kappa shape index (κ3) is 2.69. The predicted octanol–water partition coefficient (Wildman–Crippen LogP) is 3.29. The lowest BCUT2D eigenvalue weighted by atomic mass is 10.3. The van der Waals surface area contributed by atoms with Crippen molar-refractivity contribution >= 4 is 34.2 Å². The van der Waals surface area contributed by atoms with Crippen molar-refractivity contribution in [3.63, 3.8) is 0 Å². The summed E-state index contributed by atoms with van der Waals surface area (Å²) < 4.78 is 18.8. The minimum atomic E-state index is -0.391. The summed E-state index contributed by atoms with van der Waals surface area (Å²) in [5.74, 6) is -0.124. The van der Waals surface area contributed by atoms with E-state index in [1.807, 2.05) is 22.6 Å². The molecule has 0 unspecified atom stereocenters. The predicted molar refractivity (Wildman–Crippen MR) is 73.0 cm³/mol. The van der Waals surface area contributed by atoms with Gasteiger partial charge in [-0.3, -0.25) is 4.79 Å². The van der Waals surface area contributed by atoms with Gasteiger partial charge in [0.05, 0.1) is 11.4 Å². The topological polar surface area (TPSA) is 55.1 Å². The Hall–Kier alpha value is -1.44. The number of carbonyl (C=O) groups excluding carboxylic acids is 1. The minimum absolute atomic E-state index is 0.174. The summed E-state index contributed by atoms with van der Waals surface area (Å²) >= 11 is 1.95. The first kappa shape index (κ1) is 13.0. The number of amides is 1. The molecule has 18 heavy (non-hydrogen) atoms. The quantitative estimate of drug-likeness (QED) is 0.837. The number of rotatable bonds is 2. The van der Waals surface area contributed by atoms with Gasteiger partial charge in [0.15, 0.2) is 5.89 Å². The molecule has 0 atom stereocenters. The third-order valence-electron chi connectivity index (χ3n) is 2.29. The van der Waals surface area contributed by atoms with Gasteiger partial charge in [-0.15, -0.1) is 0 Å². The number of anilines is 1. The zero-order chi connectivity index (χ0) is 13.3. The molecule has 2 rings (SSSR count). The molecule has 6 heteroatoms. The summed E-state index contributed by atoms with van der Waals surface area (Å²) in [6.07, 6.45) is 0. The molecule has 94 valence electrons. The zero-order valence-corrected chi connectivity index (χ0v) is 11.9.